The molecule has 1 atom stereocenters. The van der Waals surface area contributed by atoms with Crippen molar-refractivity contribution in [2.75, 3.05) is 6.61 Å². The Hall–Kier alpha value is -1.74. The Balaban J connectivity index is 2.27. The number of nitrogens with zero attached hydrogens (tertiary/aromatic N) is 1. The van der Waals surface area contributed by atoms with Gasteiger partial charge in [0.15, 0.2) is 0 Å². The van der Waals surface area contributed by atoms with Gasteiger partial charge in [0.1, 0.15) is 0 Å². The maximum Gasteiger partial charge on any atom is 0.308 e. The Morgan fingerprint density at radius 1 is 1.32 bits per heavy atom. The number of hydrogen-bond acceptors (Lipinski definition) is 2. The summed E-state index contributed by atoms with van der Waals surface area (Å²) in [4.78, 5) is 11.7. The van der Waals surface area contributed by atoms with Crippen molar-refractivity contribution in [1.82, 2.24) is 4.57 Å². The standard InChI is InChI=1S/C15H16ClNO2/c1-2-19-15(18)11-14(17-8-3-4-9-17)12-6-5-7-13(16)10-12/h3-10,14H,2,11H2,1H3/t14-/m1/s1. The van der Waals surface area contributed by atoms with Gasteiger partial charge in [-0.25, -0.2) is 0 Å². The molecule has 19 heavy (non-hydrogen) atoms. The third-order valence-corrected chi connectivity index (χ3v) is 3.12. The molecule has 0 aliphatic carbocycles. The van der Waals surface area contributed by atoms with Crippen LogP contribution < -0.4 is 0 Å². The Bertz CT molecular complexity index is 537. The number of aromatic nitrogens is 1. The summed E-state index contributed by atoms with van der Waals surface area (Å²) in [6, 6.07) is 11.3. The van der Waals surface area contributed by atoms with Crippen molar-refractivity contribution in [3.8, 4) is 0 Å². The van der Waals surface area contributed by atoms with Gasteiger partial charge in [0, 0.05) is 17.4 Å². The lowest BCUT2D eigenvalue weighted by molar-refractivity contribution is -0.143. The molecule has 0 spiro atoms. The number of carbonyl (C=O) groups is 1. The van der Waals surface area contributed by atoms with Crippen LogP contribution in [0.3, 0.4) is 0 Å². The van der Waals surface area contributed by atoms with Crippen molar-refractivity contribution in [1.29, 1.82) is 0 Å². The zero-order chi connectivity index (χ0) is 13.7. The molecule has 0 N–H and O–H groups in total. The van der Waals surface area contributed by atoms with Gasteiger partial charge in [-0.2, -0.15) is 0 Å². The van der Waals surface area contributed by atoms with E-state index in [1.807, 2.05) is 60.3 Å². The van der Waals surface area contributed by atoms with Crippen molar-refractivity contribution in [3.05, 3.63) is 59.4 Å². The number of rotatable bonds is 5. The highest BCUT2D eigenvalue weighted by Crippen LogP contribution is 2.25. The third kappa shape index (κ3) is 3.61. The van der Waals surface area contributed by atoms with Crippen LogP contribution in [0.4, 0.5) is 0 Å². The van der Waals surface area contributed by atoms with Crippen LogP contribution in [0.5, 0.6) is 0 Å². The van der Waals surface area contributed by atoms with Crippen LogP contribution in [0.1, 0.15) is 24.9 Å². The molecule has 3 nitrogen and oxygen atoms in total. The summed E-state index contributed by atoms with van der Waals surface area (Å²) in [6.45, 7) is 2.20. The summed E-state index contributed by atoms with van der Waals surface area (Å²) < 4.78 is 7.03. The minimum atomic E-state index is -0.207. The minimum Gasteiger partial charge on any atom is -0.466 e. The second-order valence-electron chi connectivity index (χ2n) is 4.21. The highest BCUT2D eigenvalue weighted by molar-refractivity contribution is 6.30. The largest absolute Gasteiger partial charge is 0.466 e. The van der Waals surface area contributed by atoms with E-state index >= 15 is 0 Å². The molecule has 1 aromatic carbocycles. The molecule has 0 fully saturated rings. The summed E-state index contributed by atoms with van der Waals surface area (Å²) in [6.07, 6.45) is 4.17. The highest BCUT2D eigenvalue weighted by Gasteiger charge is 2.18. The van der Waals surface area contributed by atoms with Gasteiger partial charge in [0.2, 0.25) is 0 Å². The lowest BCUT2D eigenvalue weighted by Gasteiger charge is -2.19. The zero-order valence-corrected chi connectivity index (χ0v) is 11.5. The van der Waals surface area contributed by atoms with Gasteiger partial charge >= 0.3 is 5.97 Å². The summed E-state index contributed by atoms with van der Waals surface area (Å²) >= 11 is 6.02. The Kier molecular flexibility index (Phi) is 4.63. The molecule has 1 aromatic heterocycles. The van der Waals surface area contributed by atoms with E-state index in [-0.39, 0.29) is 12.0 Å². The van der Waals surface area contributed by atoms with Crippen LogP contribution in [0.2, 0.25) is 5.02 Å². The number of ether oxygens (including phenoxy) is 1. The van der Waals surface area contributed by atoms with Gasteiger partial charge in [0.05, 0.1) is 19.1 Å². The van der Waals surface area contributed by atoms with Gasteiger partial charge in [-0.15, -0.1) is 0 Å². The molecular weight excluding hydrogens is 262 g/mol. The molecule has 2 rings (SSSR count). The predicted molar refractivity (Wildman–Crippen MR) is 75.3 cm³/mol. The average Bonchev–Trinajstić information content (AvgIpc) is 2.90. The van der Waals surface area contributed by atoms with Crippen LogP contribution in [0, 0.1) is 0 Å². The van der Waals surface area contributed by atoms with Gasteiger partial charge in [-0.1, -0.05) is 23.7 Å². The average molecular weight is 278 g/mol. The molecule has 0 saturated heterocycles. The molecule has 0 aliphatic rings. The summed E-state index contributed by atoms with van der Waals surface area (Å²) in [5, 5.41) is 0.665. The summed E-state index contributed by atoms with van der Waals surface area (Å²) in [7, 11) is 0. The zero-order valence-electron chi connectivity index (χ0n) is 10.8. The van der Waals surface area contributed by atoms with Crippen LogP contribution in [0.15, 0.2) is 48.8 Å². The summed E-state index contributed by atoms with van der Waals surface area (Å²) in [5.41, 5.74) is 0.997. The number of hydrogen-bond donors (Lipinski definition) is 0. The predicted octanol–water partition coefficient (Wildman–Crippen LogP) is 3.68. The quantitative estimate of drug-likeness (QED) is 0.781. The molecular formula is C15H16ClNO2. The Morgan fingerprint density at radius 2 is 2.05 bits per heavy atom. The van der Waals surface area contributed by atoms with Crippen molar-refractivity contribution in [2.45, 2.75) is 19.4 Å². The van der Waals surface area contributed by atoms with E-state index in [0.29, 0.717) is 18.1 Å². The second-order valence-corrected chi connectivity index (χ2v) is 4.65. The smallest absolute Gasteiger partial charge is 0.308 e. The van der Waals surface area contributed by atoms with Crippen molar-refractivity contribution in [2.24, 2.45) is 0 Å². The molecule has 0 unspecified atom stereocenters. The number of esters is 1. The van der Waals surface area contributed by atoms with E-state index in [2.05, 4.69) is 0 Å². The van der Waals surface area contributed by atoms with E-state index in [1.54, 1.807) is 0 Å². The first-order valence-electron chi connectivity index (χ1n) is 6.24. The van der Waals surface area contributed by atoms with Crippen molar-refractivity contribution < 1.29 is 9.53 Å². The van der Waals surface area contributed by atoms with E-state index in [0.717, 1.165) is 5.56 Å². The van der Waals surface area contributed by atoms with E-state index in [4.69, 9.17) is 16.3 Å². The SMILES string of the molecule is CCOC(=O)C[C@H](c1cccc(Cl)c1)n1cccc1. The molecule has 0 bridgehead atoms. The molecule has 0 radical (unpaired) electrons. The lowest BCUT2D eigenvalue weighted by Crippen LogP contribution is -2.16. The summed E-state index contributed by atoms with van der Waals surface area (Å²) in [5.74, 6) is -0.207. The van der Waals surface area contributed by atoms with E-state index in [1.165, 1.54) is 0 Å². The maximum absolute atomic E-state index is 11.7. The van der Waals surface area contributed by atoms with E-state index in [9.17, 15) is 4.79 Å². The topological polar surface area (TPSA) is 31.2 Å². The van der Waals surface area contributed by atoms with Crippen molar-refractivity contribution >= 4 is 17.6 Å². The first-order chi connectivity index (χ1) is 9.20. The van der Waals surface area contributed by atoms with E-state index < -0.39 is 0 Å². The first-order valence-corrected chi connectivity index (χ1v) is 6.62. The molecule has 1 heterocycles. The van der Waals surface area contributed by atoms with Crippen LogP contribution in [0.25, 0.3) is 0 Å². The highest BCUT2D eigenvalue weighted by atomic mass is 35.5. The fourth-order valence-corrected chi connectivity index (χ4v) is 2.24. The van der Waals surface area contributed by atoms with Gasteiger partial charge in [-0.05, 0) is 36.8 Å². The number of halogens is 1. The Labute approximate surface area is 117 Å². The van der Waals surface area contributed by atoms with Gasteiger partial charge < -0.3 is 9.30 Å². The fraction of sp³-hybridized carbons (Fsp3) is 0.267. The molecule has 2 aromatic rings. The minimum absolute atomic E-state index is 0.0900. The molecule has 4 heteroatoms. The first kappa shape index (κ1) is 13.7. The van der Waals surface area contributed by atoms with Crippen LogP contribution >= 0.6 is 11.6 Å². The Morgan fingerprint density at radius 3 is 2.68 bits per heavy atom. The molecule has 0 saturated carbocycles. The second kappa shape index (κ2) is 6.43. The third-order valence-electron chi connectivity index (χ3n) is 2.89. The monoisotopic (exact) mass is 277 g/mol. The van der Waals surface area contributed by atoms with Crippen molar-refractivity contribution in [3.63, 3.8) is 0 Å². The molecule has 100 valence electrons. The molecule has 0 aliphatic heterocycles. The normalized spacial score (nSPS) is 12.1. The maximum atomic E-state index is 11.7. The van der Waals surface area contributed by atoms with Crippen LogP contribution in [-0.2, 0) is 9.53 Å². The fourth-order valence-electron chi connectivity index (χ4n) is 2.04. The van der Waals surface area contributed by atoms with Crippen LogP contribution in [-0.4, -0.2) is 17.1 Å². The van der Waals surface area contributed by atoms with Gasteiger partial charge in [-0.3, -0.25) is 4.79 Å². The number of carbonyl (C=O) groups excluding carboxylic acids is 1. The molecule has 0 amide bonds. The lowest BCUT2D eigenvalue weighted by atomic mass is 10.0. The number of benzene rings is 1. The van der Waals surface area contributed by atoms with Gasteiger partial charge in [0.25, 0.3) is 0 Å².